The van der Waals surface area contributed by atoms with E-state index < -0.39 is 0 Å². The summed E-state index contributed by atoms with van der Waals surface area (Å²) in [6.45, 7) is 7.12. The molecule has 0 bridgehead atoms. The van der Waals surface area contributed by atoms with Crippen LogP contribution in [0.1, 0.15) is 42.9 Å². The summed E-state index contributed by atoms with van der Waals surface area (Å²) in [5, 5.41) is 6.76. The first-order chi connectivity index (χ1) is 14.2. The lowest BCUT2D eigenvalue weighted by Gasteiger charge is -2.09. The van der Waals surface area contributed by atoms with Gasteiger partial charge in [-0.3, -0.25) is 0 Å². The normalized spacial score (nSPS) is 17.9. The van der Waals surface area contributed by atoms with Gasteiger partial charge in [0, 0.05) is 24.8 Å². The second-order valence-corrected chi connectivity index (χ2v) is 7.99. The lowest BCUT2D eigenvalue weighted by molar-refractivity contribution is 0.727. The molecule has 2 atom stereocenters. The van der Waals surface area contributed by atoms with Gasteiger partial charge in [0.25, 0.3) is 0 Å². The number of nitrogens with one attached hydrogen (secondary N) is 2. The summed E-state index contributed by atoms with van der Waals surface area (Å²) in [6.07, 6.45) is 4.13. The third kappa shape index (κ3) is 5.21. The van der Waals surface area contributed by atoms with Gasteiger partial charge >= 0.3 is 0 Å². The van der Waals surface area contributed by atoms with Crippen LogP contribution in [0.3, 0.4) is 0 Å². The molecule has 150 valence electrons. The second kappa shape index (κ2) is 9.19. The molecule has 2 aromatic carbocycles. The molecule has 4 rings (SSSR count). The maximum atomic E-state index is 4.72. The average molecular weight is 387 g/mol. The summed E-state index contributed by atoms with van der Waals surface area (Å²) >= 11 is 0. The molecule has 3 aromatic rings. The van der Waals surface area contributed by atoms with Crippen LogP contribution in [0.5, 0.6) is 0 Å². The highest BCUT2D eigenvalue weighted by Gasteiger charge is 2.33. The Kier molecular flexibility index (Phi) is 6.20. The Morgan fingerprint density at radius 3 is 2.69 bits per heavy atom. The first kappa shape index (κ1) is 19.6. The fourth-order valence-electron chi connectivity index (χ4n) is 3.80. The number of hydrogen-bond donors (Lipinski definition) is 2. The summed E-state index contributed by atoms with van der Waals surface area (Å²) in [6, 6.07) is 19.5. The van der Waals surface area contributed by atoms with E-state index in [9.17, 15) is 0 Å². The minimum atomic E-state index is 0.687. The van der Waals surface area contributed by atoms with Gasteiger partial charge < -0.3 is 10.6 Å². The van der Waals surface area contributed by atoms with Gasteiger partial charge in [-0.25, -0.2) is 9.97 Å². The van der Waals surface area contributed by atoms with Crippen LogP contribution in [0, 0.1) is 5.92 Å². The van der Waals surface area contributed by atoms with E-state index in [2.05, 4.69) is 78.0 Å². The van der Waals surface area contributed by atoms with Crippen LogP contribution in [-0.4, -0.2) is 23.1 Å². The molecule has 0 aliphatic heterocycles. The van der Waals surface area contributed by atoms with E-state index in [0.29, 0.717) is 5.95 Å². The van der Waals surface area contributed by atoms with Crippen molar-refractivity contribution in [3.8, 4) is 11.3 Å². The van der Waals surface area contributed by atoms with E-state index in [1.54, 1.807) is 0 Å². The van der Waals surface area contributed by atoms with E-state index in [0.717, 1.165) is 49.1 Å². The zero-order valence-corrected chi connectivity index (χ0v) is 17.4. The Bertz CT molecular complexity index is 953. The number of rotatable bonds is 9. The molecule has 0 amide bonds. The summed E-state index contributed by atoms with van der Waals surface area (Å²) in [4.78, 5) is 9.12. The molecule has 4 nitrogen and oxygen atoms in total. The minimum absolute atomic E-state index is 0.687. The maximum Gasteiger partial charge on any atom is 0.223 e. The first-order valence-electron chi connectivity index (χ1n) is 10.7. The largest absolute Gasteiger partial charge is 0.354 e. The molecular weight excluding hydrogens is 356 g/mol. The molecule has 2 N–H and O–H groups in total. The molecular formula is C25H30N4. The number of benzene rings is 2. The fourth-order valence-corrected chi connectivity index (χ4v) is 3.80. The van der Waals surface area contributed by atoms with Gasteiger partial charge in [0.05, 0.1) is 5.69 Å². The van der Waals surface area contributed by atoms with Crippen LogP contribution in [0.25, 0.3) is 11.3 Å². The standard InChI is InChI=1S/C25H30N4/c1-3-26-17-20-7-5-9-22(16-20)24-11-13-28-25(29-24)27-12-10-19-6-4-8-21(15-19)23-14-18(23)2/h4-9,11,13,15-16,18,23,26H,3,10,12,14,17H2,1-2H3,(H,27,28,29)/t18-,23?/m0/s1. The van der Waals surface area contributed by atoms with Crippen molar-refractivity contribution in [2.24, 2.45) is 5.92 Å². The lowest BCUT2D eigenvalue weighted by atomic mass is 10.0. The lowest BCUT2D eigenvalue weighted by Crippen LogP contribution is -2.11. The van der Waals surface area contributed by atoms with Crippen LogP contribution in [0.2, 0.25) is 0 Å². The SMILES string of the molecule is CCNCc1cccc(-c2ccnc(NCCc3cccc(C4C[C@@H]4C)c3)n2)c1. The number of aromatic nitrogens is 2. The zero-order valence-electron chi connectivity index (χ0n) is 17.4. The molecule has 0 spiro atoms. The van der Waals surface area contributed by atoms with Gasteiger partial charge in [-0.2, -0.15) is 0 Å². The monoisotopic (exact) mass is 386 g/mol. The highest BCUT2D eigenvalue weighted by molar-refractivity contribution is 5.60. The summed E-state index contributed by atoms with van der Waals surface area (Å²) in [7, 11) is 0. The molecule has 1 heterocycles. The second-order valence-electron chi connectivity index (χ2n) is 7.99. The van der Waals surface area contributed by atoms with Gasteiger partial charge in [-0.15, -0.1) is 0 Å². The summed E-state index contributed by atoms with van der Waals surface area (Å²) in [5.74, 6) is 2.30. The van der Waals surface area contributed by atoms with E-state index in [1.165, 1.54) is 23.1 Å². The van der Waals surface area contributed by atoms with Crippen LogP contribution >= 0.6 is 0 Å². The van der Waals surface area contributed by atoms with Crippen molar-refractivity contribution in [2.45, 2.75) is 39.2 Å². The highest BCUT2D eigenvalue weighted by Crippen LogP contribution is 2.46. The zero-order chi connectivity index (χ0) is 20.1. The van der Waals surface area contributed by atoms with Gasteiger partial charge in [0.15, 0.2) is 0 Å². The fraction of sp³-hybridized carbons (Fsp3) is 0.360. The van der Waals surface area contributed by atoms with E-state index >= 15 is 0 Å². The molecule has 1 aromatic heterocycles. The number of hydrogen-bond acceptors (Lipinski definition) is 4. The van der Waals surface area contributed by atoms with E-state index in [4.69, 9.17) is 4.98 Å². The van der Waals surface area contributed by atoms with Gasteiger partial charge in [-0.05, 0) is 60.0 Å². The molecule has 1 aliphatic rings. The van der Waals surface area contributed by atoms with Crippen LogP contribution in [0.4, 0.5) is 5.95 Å². The van der Waals surface area contributed by atoms with E-state index in [-0.39, 0.29) is 0 Å². The molecule has 0 radical (unpaired) electrons. The summed E-state index contributed by atoms with van der Waals surface area (Å²) in [5.41, 5.74) is 6.21. The summed E-state index contributed by atoms with van der Waals surface area (Å²) < 4.78 is 0. The van der Waals surface area contributed by atoms with Crippen molar-refractivity contribution in [1.82, 2.24) is 15.3 Å². The average Bonchev–Trinajstić information content (AvgIpc) is 3.50. The molecule has 1 aliphatic carbocycles. The van der Waals surface area contributed by atoms with Crippen molar-refractivity contribution in [2.75, 3.05) is 18.4 Å². The third-order valence-electron chi connectivity index (χ3n) is 5.64. The molecule has 0 saturated heterocycles. The number of nitrogens with zero attached hydrogens (tertiary/aromatic N) is 2. The Morgan fingerprint density at radius 2 is 1.86 bits per heavy atom. The van der Waals surface area contributed by atoms with Crippen molar-refractivity contribution in [3.05, 3.63) is 77.5 Å². The quantitative estimate of drug-likeness (QED) is 0.541. The molecule has 4 heteroatoms. The van der Waals surface area contributed by atoms with Crippen LogP contribution in [0.15, 0.2) is 60.8 Å². The number of anilines is 1. The molecule has 1 unspecified atom stereocenters. The Morgan fingerprint density at radius 1 is 1.03 bits per heavy atom. The van der Waals surface area contributed by atoms with Gasteiger partial charge in [-0.1, -0.05) is 56.3 Å². The highest BCUT2D eigenvalue weighted by atomic mass is 15.1. The van der Waals surface area contributed by atoms with Crippen molar-refractivity contribution in [1.29, 1.82) is 0 Å². The predicted octanol–water partition coefficient (Wildman–Crippen LogP) is 5.03. The topological polar surface area (TPSA) is 49.8 Å². The Balaban J connectivity index is 1.37. The van der Waals surface area contributed by atoms with Crippen molar-refractivity contribution in [3.63, 3.8) is 0 Å². The molecule has 1 saturated carbocycles. The third-order valence-corrected chi connectivity index (χ3v) is 5.64. The van der Waals surface area contributed by atoms with Gasteiger partial charge in [0.1, 0.15) is 0 Å². The Labute approximate surface area is 173 Å². The smallest absolute Gasteiger partial charge is 0.223 e. The van der Waals surface area contributed by atoms with Crippen LogP contribution < -0.4 is 10.6 Å². The minimum Gasteiger partial charge on any atom is -0.354 e. The van der Waals surface area contributed by atoms with Crippen molar-refractivity contribution >= 4 is 5.95 Å². The predicted molar refractivity (Wildman–Crippen MR) is 120 cm³/mol. The van der Waals surface area contributed by atoms with Crippen LogP contribution in [-0.2, 0) is 13.0 Å². The first-order valence-corrected chi connectivity index (χ1v) is 10.7. The molecule has 29 heavy (non-hydrogen) atoms. The van der Waals surface area contributed by atoms with E-state index in [1.807, 2.05) is 12.3 Å². The Hall–Kier alpha value is -2.72. The molecule has 1 fully saturated rings. The van der Waals surface area contributed by atoms with Crippen molar-refractivity contribution < 1.29 is 0 Å². The van der Waals surface area contributed by atoms with Gasteiger partial charge in [0.2, 0.25) is 5.95 Å². The maximum absolute atomic E-state index is 4.72.